The van der Waals surface area contributed by atoms with Gasteiger partial charge in [-0.3, -0.25) is 4.79 Å². The van der Waals surface area contributed by atoms with Crippen LogP contribution in [0, 0.1) is 0 Å². The molecule has 0 radical (unpaired) electrons. The normalized spacial score (nSPS) is 10.0. The standard InChI is InChI=1S/C11H16N2O2/c1-3-15-7-6-12-11-5-4-10(8-13-11)9(2)14/h4-5,8H,3,6-7H2,1-2H3,(H,12,13). The summed E-state index contributed by atoms with van der Waals surface area (Å²) in [4.78, 5) is 15.1. The molecule has 0 atom stereocenters. The van der Waals surface area contributed by atoms with E-state index < -0.39 is 0 Å². The first-order valence-electron chi connectivity index (χ1n) is 5.02. The van der Waals surface area contributed by atoms with E-state index in [1.54, 1.807) is 18.3 Å². The third-order valence-electron chi connectivity index (χ3n) is 1.93. The smallest absolute Gasteiger partial charge is 0.161 e. The van der Waals surface area contributed by atoms with Gasteiger partial charge in [-0.2, -0.15) is 0 Å². The number of Topliss-reactive ketones (excluding diaryl/α,β-unsaturated/α-hetero) is 1. The Balaban J connectivity index is 2.39. The van der Waals surface area contributed by atoms with Gasteiger partial charge in [-0.05, 0) is 26.0 Å². The molecule has 0 spiro atoms. The van der Waals surface area contributed by atoms with E-state index in [-0.39, 0.29) is 5.78 Å². The van der Waals surface area contributed by atoms with Crippen LogP contribution in [-0.4, -0.2) is 30.5 Å². The van der Waals surface area contributed by atoms with E-state index in [1.165, 1.54) is 6.92 Å². The maximum Gasteiger partial charge on any atom is 0.161 e. The number of rotatable bonds is 6. The first kappa shape index (κ1) is 11.7. The molecule has 0 amide bonds. The number of nitrogens with one attached hydrogen (secondary N) is 1. The van der Waals surface area contributed by atoms with Crippen molar-refractivity contribution in [2.45, 2.75) is 13.8 Å². The van der Waals surface area contributed by atoms with Crippen LogP contribution in [-0.2, 0) is 4.74 Å². The van der Waals surface area contributed by atoms with Crippen molar-refractivity contribution in [3.05, 3.63) is 23.9 Å². The molecule has 0 saturated heterocycles. The highest BCUT2D eigenvalue weighted by atomic mass is 16.5. The van der Waals surface area contributed by atoms with E-state index >= 15 is 0 Å². The van der Waals surface area contributed by atoms with Crippen molar-refractivity contribution in [3.63, 3.8) is 0 Å². The zero-order valence-corrected chi connectivity index (χ0v) is 9.12. The predicted molar refractivity (Wildman–Crippen MR) is 59.2 cm³/mol. The summed E-state index contributed by atoms with van der Waals surface area (Å²) in [6.07, 6.45) is 1.57. The van der Waals surface area contributed by atoms with Gasteiger partial charge in [0.15, 0.2) is 5.78 Å². The number of pyridine rings is 1. The van der Waals surface area contributed by atoms with Crippen LogP contribution >= 0.6 is 0 Å². The fourth-order valence-corrected chi connectivity index (χ4v) is 1.10. The van der Waals surface area contributed by atoms with Crippen LogP contribution in [0.3, 0.4) is 0 Å². The van der Waals surface area contributed by atoms with E-state index in [9.17, 15) is 4.79 Å². The fraction of sp³-hybridized carbons (Fsp3) is 0.455. The Kier molecular flexibility index (Phi) is 4.77. The minimum Gasteiger partial charge on any atom is -0.380 e. The molecule has 0 fully saturated rings. The van der Waals surface area contributed by atoms with Crippen molar-refractivity contribution in [3.8, 4) is 0 Å². The average molecular weight is 208 g/mol. The predicted octanol–water partition coefficient (Wildman–Crippen LogP) is 1.73. The van der Waals surface area contributed by atoms with Crippen LogP contribution in [0.15, 0.2) is 18.3 Å². The van der Waals surface area contributed by atoms with Gasteiger partial charge in [0.2, 0.25) is 0 Å². The molecule has 15 heavy (non-hydrogen) atoms. The van der Waals surface area contributed by atoms with Gasteiger partial charge in [-0.1, -0.05) is 0 Å². The van der Waals surface area contributed by atoms with Crippen LogP contribution < -0.4 is 5.32 Å². The van der Waals surface area contributed by atoms with E-state index in [0.717, 1.165) is 19.0 Å². The van der Waals surface area contributed by atoms with Crippen LogP contribution in [0.5, 0.6) is 0 Å². The van der Waals surface area contributed by atoms with Gasteiger partial charge in [0.05, 0.1) is 6.61 Å². The number of carbonyl (C=O) groups is 1. The fourth-order valence-electron chi connectivity index (χ4n) is 1.10. The Bertz CT molecular complexity index is 309. The number of anilines is 1. The molecule has 0 aromatic carbocycles. The van der Waals surface area contributed by atoms with Crippen molar-refractivity contribution < 1.29 is 9.53 Å². The quantitative estimate of drug-likeness (QED) is 0.571. The topological polar surface area (TPSA) is 51.2 Å². The highest BCUT2D eigenvalue weighted by molar-refractivity contribution is 5.93. The summed E-state index contributed by atoms with van der Waals surface area (Å²) >= 11 is 0. The first-order valence-corrected chi connectivity index (χ1v) is 5.02. The second-order valence-electron chi connectivity index (χ2n) is 3.11. The molecule has 4 heteroatoms. The molecule has 1 N–H and O–H groups in total. The van der Waals surface area contributed by atoms with Crippen molar-refractivity contribution in [1.29, 1.82) is 0 Å². The molecule has 0 aliphatic rings. The Hall–Kier alpha value is -1.42. The number of aromatic nitrogens is 1. The van der Waals surface area contributed by atoms with Gasteiger partial charge in [0.25, 0.3) is 0 Å². The van der Waals surface area contributed by atoms with Crippen molar-refractivity contribution in [2.24, 2.45) is 0 Å². The summed E-state index contributed by atoms with van der Waals surface area (Å²) in [5, 5.41) is 3.10. The van der Waals surface area contributed by atoms with Gasteiger partial charge in [0, 0.05) is 24.9 Å². The molecule has 0 bridgehead atoms. The number of nitrogens with zero attached hydrogens (tertiary/aromatic N) is 1. The van der Waals surface area contributed by atoms with Crippen molar-refractivity contribution in [2.75, 3.05) is 25.1 Å². The van der Waals surface area contributed by atoms with Crippen LogP contribution in [0.1, 0.15) is 24.2 Å². The molecule has 4 nitrogen and oxygen atoms in total. The van der Waals surface area contributed by atoms with Crippen molar-refractivity contribution >= 4 is 11.6 Å². The number of hydrogen-bond acceptors (Lipinski definition) is 4. The minimum absolute atomic E-state index is 0.0309. The SMILES string of the molecule is CCOCCNc1ccc(C(C)=O)cn1. The second-order valence-corrected chi connectivity index (χ2v) is 3.11. The van der Waals surface area contributed by atoms with E-state index in [0.29, 0.717) is 12.2 Å². The first-order chi connectivity index (χ1) is 7.24. The largest absolute Gasteiger partial charge is 0.380 e. The molecule has 0 saturated carbocycles. The summed E-state index contributed by atoms with van der Waals surface area (Å²) in [5.41, 5.74) is 0.630. The molecule has 1 aromatic rings. The molecular weight excluding hydrogens is 192 g/mol. The third-order valence-corrected chi connectivity index (χ3v) is 1.93. The van der Waals surface area contributed by atoms with E-state index in [1.807, 2.05) is 6.92 Å². The summed E-state index contributed by atoms with van der Waals surface area (Å²) in [6, 6.07) is 3.56. The van der Waals surface area contributed by atoms with Gasteiger partial charge in [-0.15, -0.1) is 0 Å². The van der Waals surface area contributed by atoms with Gasteiger partial charge in [0.1, 0.15) is 5.82 Å². The van der Waals surface area contributed by atoms with Crippen LogP contribution in [0.2, 0.25) is 0 Å². The van der Waals surface area contributed by atoms with Crippen LogP contribution in [0.25, 0.3) is 0 Å². The average Bonchev–Trinajstić information content (AvgIpc) is 2.25. The zero-order chi connectivity index (χ0) is 11.1. The van der Waals surface area contributed by atoms with Crippen molar-refractivity contribution in [1.82, 2.24) is 4.98 Å². The summed E-state index contributed by atoms with van der Waals surface area (Å²) in [6.45, 7) is 5.59. The second kappa shape index (κ2) is 6.14. The molecule has 1 rings (SSSR count). The molecule has 1 aromatic heterocycles. The van der Waals surface area contributed by atoms with E-state index in [2.05, 4.69) is 10.3 Å². The molecular formula is C11H16N2O2. The number of ether oxygens (including phenoxy) is 1. The lowest BCUT2D eigenvalue weighted by Crippen LogP contribution is -2.10. The Morgan fingerprint density at radius 2 is 2.33 bits per heavy atom. The highest BCUT2D eigenvalue weighted by Crippen LogP contribution is 2.04. The monoisotopic (exact) mass is 208 g/mol. The lowest BCUT2D eigenvalue weighted by molar-refractivity contribution is 0.101. The molecule has 0 aliphatic carbocycles. The van der Waals surface area contributed by atoms with Gasteiger partial charge < -0.3 is 10.1 Å². The summed E-state index contributed by atoms with van der Waals surface area (Å²) in [5.74, 6) is 0.795. The van der Waals surface area contributed by atoms with Gasteiger partial charge >= 0.3 is 0 Å². The lowest BCUT2D eigenvalue weighted by Gasteiger charge is -2.05. The van der Waals surface area contributed by atoms with Crippen LogP contribution in [0.4, 0.5) is 5.82 Å². The lowest BCUT2D eigenvalue weighted by atomic mass is 10.2. The summed E-state index contributed by atoms with van der Waals surface area (Å²) in [7, 11) is 0. The maximum atomic E-state index is 11.0. The molecule has 0 aliphatic heterocycles. The number of ketones is 1. The maximum absolute atomic E-state index is 11.0. The highest BCUT2D eigenvalue weighted by Gasteiger charge is 1.99. The molecule has 0 unspecified atom stereocenters. The summed E-state index contributed by atoms with van der Waals surface area (Å²) < 4.78 is 5.17. The van der Waals surface area contributed by atoms with E-state index in [4.69, 9.17) is 4.74 Å². The molecule has 1 heterocycles. The third kappa shape index (κ3) is 4.08. The zero-order valence-electron chi connectivity index (χ0n) is 9.12. The number of carbonyl (C=O) groups excluding carboxylic acids is 1. The Labute approximate surface area is 89.7 Å². The molecule has 82 valence electrons. The Morgan fingerprint density at radius 3 is 2.87 bits per heavy atom. The minimum atomic E-state index is 0.0309. The number of hydrogen-bond donors (Lipinski definition) is 1. The van der Waals surface area contributed by atoms with Gasteiger partial charge in [-0.25, -0.2) is 4.98 Å². The Morgan fingerprint density at radius 1 is 1.53 bits per heavy atom.